The summed E-state index contributed by atoms with van der Waals surface area (Å²) in [5.41, 5.74) is 4.02. The zero-order chi connectivity index (χ0) is 19.2. The van der Waals surface area contributed by atoms with Crippen LogP contribution in [0, 0.1) is 0 Å². The molecular formula is C22H23N3O2S. The van der Waals surface area contributed by atoms with Crippen LogP contribution in [-0.4, -0.2) is 37.2 Å². The Morgan fingerprint density at radius 3 is 2.75 bits per heavy atom. The number of amides is 1. The van der Waals surface area contributed by atoms with Crippen molar-refractivity contribution in [3.63, 3.8) is 0 Å². The Morgan fingerprint density at radius 2 is 1.93 bits per heavy atom. The van der Waals surface area contributed by atoms with Crippen LogP contribution in [-0.2, 0) is 16.0 Å². The van der Waals surface area contributed by atoms with Gasteiger partial charge in [0, 0.05) is 41.8 Å². The van der Waals surface area contributed by atoms with Crippen LogP contribution in [0.1, 0.15) is 12.1 Å². The van der Waals surface area contributed by atoms with Crippen LogP contribution in [0.4, 0.5) is 11.4 Å². The quantitative estimate of drug-likeness (QED) is 0.681. The molecule has 2 aromatic carbocycles. The molecular weight excluding hydrogens is 370 g/mol. The number of aryl methyl sites for hydroxylation is 1. The molecule has 4 rings (SSSR count). The van der Waals surface area contributed by atoms with Crippen molar-refractivity contribution in [3.8, 4) is 10.6 Å². The van der Waals surface area contributed by atoms with E-state index in [0.717, 1.165) is 53.9 Å². The highest BCUT2D eigenvalue weighted by atomic mass is 32.1. The smallest absolute Gasteiger partial charge is 0.224 e. The first-order valence-electron chi connectivity index (χ1n) is 9.50. The van der Waals surface area contributed by atoms with E-state index in [1.54, 1.807) is 11.3 Å². The van der Waals surface area contributed by atoms with Gasteiger partial charge < -0.3 is 15.0 Å². The summed E-state index contributed by atoms with van der Waals surface area (Å²) in [6, 6.07) is 18.1. The third-order valence-electron chi connectivity index (χ3n) is 4.69. The van der Waals surface area contributed by atoms with Crippen molar-refractivity contribution >= 4 is 28.6 Å². The molecule has 144 valence electrons. The van der Waals surface area contributed by atoms with Gasteiger partial charge in [0.25, 0.3) is 0 Å². The number of rotatable bonds is 6. The first kappa shape index (κ1) is 18.7. The van der Waals surface area contributed by atoms with E-state index in [1.165, 1.54) is 0 Å². The van der Waals surface area contributed by atoms with Crippen molar-refractivity contribution in [2.45, 2.75) is 12.8 Å². The fourth-order valence-electron chi connectivity index (χ4n) is 3.20. The van der Waals surface area contributed by atoms with E-state index in [2.05, 4.69) is 33.4 Å². The topological polar surface area (TPSA) is 54.5 Å². The molecule has 28 heavy (non-hydrogen) atoms. The number of nitrogens with one attached hydrogen (secondary N) is 1. The zero-order valence-electron chi connectivity index (χ0n) is 15.6. The lowest BCUT2D eigenvalue weighted by atomic mass is 10.2. The van der Waals surface area contributed by atoms with Crippen molar-refractivity contribution in [3.05, 3.63) is 65.7 Å². The highest BCUT2D eigenvalue weighted by molar-refractivity contribution is 7.13. The van der Waals surface area contributed by atoms with Gasteiger partial charge in [-0.05, 0) is 24.6 Å². The molecule has 5 nitrogen and oxygen atoms in total. The lowest BCUT2D eigenvalue weighted by Gasteiger charge is -2.29. The molecule has 1 saturated heterocycles. The highest BCUT2D eigenvalue weighted by Crippen LogP contribution is 2.24. The van der Waals surface area contributed by atoms with Gasteiger partial charge in [0.05, 0.1) is 18.9 Å². The summed E-state index contributed by atoms with van der Waals surface area (Å²) in [6.07, 6.45) is 1.05. The lowest BCUT2D eigenvalue weighted by molar-refractivity contribution is -0.116. The fraction of sp³-hybridized carbons (Fsp3) is 0.273. The van der Waals surface area contributed by atoms with Crippen molar-refractivity contribution < 1.29 is 9.53 Å². The average molecular weight is 394 g/mol. The largest absolute Gasteiger partial charge is 0.378 e. The van der Waals surface area contributed by atoms with Crippen LogP contribution in [0.5, 0.6) is 0 Å². The molecule has 1 amide bonds. The minimum atomic E-state index is 0.00777. The van der Waals surface area contributed by atoms with E-state index in [9.17, 15) is 4.79 Å². The van der Waals surface area contributed by atoms with Gasteiger partial charge in [-0.25, -0.2) is 4.98 Å². The molecule has 6 heteroatoms. The fourth-order valence-corrected chi connectivity index (χ4v) is 4.06. The van der Waals surface area contributed by atoms with E-state index >= 15 is 0 Å². The van der Waals surface area contributed by atoms with Crippen LogP contribution in [0.15, 0.2) is 60.0 Å². The van der Waals surface area contributed by atoms with Crippen LogP contribution in [0.3, 0.4) is 0 Å². The number of anilines is 2. The summed E-state index contributed by atoms with van der Waals surface area (Å²) in [6.45, 7) is 3.25. The second-order valence-electron chi connectivity index (χ2n) is 6.71. The molecule has 3 aromatic rings. The van der Waals surface area contributed by atoms with Gasteiger partial charge in [-0.2, -0.15) is 0 Å². The number of hydrogen-bond donors (Lipinski definition) is 1. The molecule has 2 heterocycles. The van der Waals surface area contributed by atoms with Crippen LogP contribution >= 0.6 is 11.3 Å². The number of morpholine rings is 1. The first-order chi connectivity index (χ1) is 13.8. The Hall–Kier alpha value is -2.70. The van der Waals surface area contributed by atoms with Gasteiger partial charge in [0.15, 0.2) is 0 Å². The second-order valence-corrected chi connectivity index (χ2v) is 7.57. The summed E-state index contributed by atoms with van der Waals surface area (Å²) in [7, 11) is 0. The van der Waals surface area contributed by atoms with Crippen molar-refractivity contribution in [2.24, 2.45) is 0 Å². The highest BCUT2D eigenvalue weighted by Gasteiger charge is 2.12. The number of ether oxygens (including phenoxy) is 1. The van der Waals surface area contributed by atoms with Gasteiger partial charge in [-0.3, -0.25) is 4.79 Å². The van der Waals surface area contributed by atoms with Crippen LogP contribution in [0.2, 0.25) is 0 Å². The number of nitrogens with zero attached hydrogens (tertiary/aromatic N) is 2. The molecule has 1 aliphatic heterocycles. The molecule has 0 saturated carbocycles. The molecule has 1 N–H and O–H groups in total. The van der Waals surface area contributed by atoms with Crippen molar-refractivity contribution in [1.29, 1.82) is 0 Å². The summed E-state index contributed by atoms with van der Waals surface area (Å²) in [5.74, 6) is 0.00777. The van der Waals surface area contributed by atoms with Crippen LogP contribution < -0.4 is 10.2 Å². The number of carbonyl (C=O) groups is 1. The maximum Gasteiger partial charge on any atom is 0.224 e. The Kier molecular flexibility index (Phi) is 5.99. The summed E-state index contributed by atoms with van der Waals surface area (Å²) in [5, 5.41) is 6.04. The van der Waals surface area contributed by atoms with Gasteiger partial charge in [-0.1, -0.05) is 36.4 Å². The van der Waals surface area contributed by atoms with Gasteiger partial charge >= 0.3 is 0 Å². The third kappa shape index (κ3) is 4.77. The Balaban J connectivity index is 1.32. The number of aromatic nitrogens is 1. The van der Waals surface area contributed by atoms with Gasteiger partial charge in [-0.15, -0.1) is 11.3 Å². The first-order valence-corrected chi connectivity index (χ1v) is 10.4. The summed E-state index contributed by atoms with van der Waals surface area (Å²) >= 11 is 1.62. The normalized spacial score (nSPS) is 14.1. The zero-order valence-corrected chi connectivity index (χ0v) is 16.5. The van der Waals surface area contributed by atoms with Crippen molar-refractivity contribution in [1.82, 2.24) is 4.98 Å². The Morgan fingerprint density at radius 1 is 1.11 bits per heavy atom. The predicted molar refractivity (Wildman–Crippen MR) is 114 cm³/mol. The van der Waals surface area contributed by atoms with E-state index in [0.29, 0.717) is 12.8 Å². The number of benzene rings is 2. The minimum absolute atomic E-state index is 0.00777. The summed E-state index contributed by atoms with van der Waals surface area (Å²) < 4.78 is 5.40. The number of carbonyl (C=O) groups excluding carboxylic acids is 1. The summed E-state index contributed by atoms with van der Waals surface area (Å²) in [4.78, 5) is 19.3. The molecule has 0 spiro atoms. The lowest BCUT2D eigenvalue weighted by Crippen LogP contribution is -2.36. The third-order valence-corrected chi connectivity index (χ3v) is 5.63. The Labute approximate surface area is 169 Å². The van der Waals surface area contributed by atoms with Crippen LogP contribution in [0.25, 0.3) is 10.6 Å². The molecule has 0 radical (unpaired) electrons. The molecule has 1 aliphatic rings. The molecule has 0 unspecified atom stereocenters. The van der Waals surface area contributed by atoms with E-state index in [4.69, 9.17) is 4.74 Å². The standard InChI is InChI=1S/C22H23N3O2S/c26-21(10-9-19-16-28-22(24-19)17-5-2-1-3-6-17)23-18-7-4-8-20(15-18)25-11-13-27-14-12-25/h1-8,15-16H,9-14H2,(H,23,26). The molecule has 1 fully saturated rings. The van der Waals surface area contributed by atoms with E-state index in [-0.39, 0.29) is 5.91 Å². The monoisotopic (exact) mass is 393 g/mol. The second kappa shape index (κ2) is 8.99. The van der Waals surface area contributed by atoms with Gasteiger partial charge in [0.2, 0.25) is 5.91 Å². The molecule has 0 bridgehead atoms. The maximum atomic E-state index is 12.4. The van der Waals surface area contributed by atoms with Gasteiger partial charge in [0.1, 0.15) is 5.01 Å². The Bertz CT molecular complexity index is 920. The van der Waals surface area contributed by atoms with E-state index < -0.39 is 0 Å². The predicted octanol–water partition coefficient (Wildman–Crippen LogP) is 4.22. The average Bonchev–Trinajstić information content (AvgIpc) is 3.23. The van der Waals surface area contributed by atoms with Crippen molar-refractivity contribution in [2.75, 3.05) is 36.5 Å². The van der Waals surface area contributed by atoms with E-state index in [1.807, 2.05) is 41.8 Å². The SMILES string of the molecule is O=C(CCc1csc(-c2ccccc2)n1)Nc1cccc(N2CCOCC2)c1. The molecule has 1 aromatic heterocycles. The number of hydrogen-bond acceptors (Lipinski definition) is 5. The number of thiazole rings is 1. The molecule has 0 aliphatic carbocycles. The minimum Gasteiger partial charge on any atom is -0.378 e. The molecule has 0 atom stereocenters. The maximum absolute atomic E-state index is 12.4.